The molecule has 0 aliphatic carbocycles. The highest BCUT2D eigenvalue weighted by Crippen LogP contribution is 2.33. The van der Waals surface area contributed by atoms with Gasteiger partial charge in [0.1, 0.15) is 5.71 Å². The van der Waals surface area contributed by atoms with Crippen LogP contribution in [0, 0.1) is 5.92 Å². The van der Waals surface area contributed by atoms with Crippen molar-refractivity contribution in [1.29, 1.82) is 0 Å². The number of hydrogen-bond acceptors (Lipinski definition) is 4. The molecule has 120 valence electrons. The van der Waals surface area contributed by atoms with Gasteiger partial charge < -0.3 is 10.2 Å². The maximum absolute atomic E-state index is 12.0. The van der Waals surface area contributed by atoms with E-state index < -0.39 is 0 Å². The third kappa shape index (κ3) is 4.43. The molecular weight excluding hydrogens is 266 g/mol. The van der Waals surface area contributed by atoms with Crippen LogP contribution in [0.15, 0.2) is 5.16 Å². The second-order valence-corrected chi connectivity index (χ2v) is 6.81. The van der Waals surface area contributed by atoms with Crippen molar-refractivity contribution >= 4 is 11.6 Å². The molecule has 1 amide bonds. The van der Waals surface area contributed by atoms with Gasteiger partial charge in [0.2, 0.25) is 0 Å². The number of carbonyl (C=O) groups excluding carboxylic acids is 1. The molecule has 0 unspecified atom stereocenters. The number of likely N-dealkylation sites (tertiary alicyclic amines) is 1. The predicted octanol–water partition coefficient (Wildman–Crippen LogP) is 2.17. The largest absolute Gasteiger partial charge is 0.387 e. The van der Waals surface area contributed by atoms with E-state index in [1.165, 1.54) is 6.42 Å². The topological polar surface area (TPSA) is 53.9 Å². The molecule has 2 aliphatic heterocycles. The lowest BCUT2D eigenvalue weighted by molar-refractivity contribution is -0.114. The first kappa shape index (κ1) is 16.3. The highest BCUT2D eigenvalue weighted by Gasteiger charge is 2.44. The molecule has 1 spiro atoms. The molecule has 5 heteroatoms. The van der Waals surface area contributed by atoms with Crippen molar-refractivity contribution in [3.8, 4) is 0 Å². The van der Waals surface area contributed by atoms with E-state index in [9.17, 15) is 4.79 Å². The van der Waals surface area contributed by atoms with E-state index in [0.29, 0.717) is 18.7 Å². The first-order valence-corrected chi connectivity index (χ1v) is 8.30. The zero-order valence-corrected chi connectivity index (χ0v) is 13.7. The lowest BCUT2D eigenvalue weighted by Crippen LogP contribution is -2.49. The van der Waals surface area contributed by atoms with Crippen LogP contribution in [-0.2, 0) is 9.63 Å². The van der Waals surface area contributed by atoms with Gasteiger partial charge in [-0.15, -0.1) is 0 Å². The second-order valence-electron chi connectivity index (χ2n) is 6.81. The monoisotopic (exact) mass is 295 g/mol. The molecule has 0 radical (unpaired) electrons. The Morgan fingerprint density at radius 3 is 3.05 bits per heavy atom. The number of oxime groups is 1. The van der Waals surface area contributed by atoms with Gasteiger partial charge in [-0.05, 0) is 44.7 Å². The van der Waals surface area contributed by atoms with Gasteiger partial charge >= 0.3 is 0 Å². The van der Waals surface area contributed by atoms with Gasteiger partial charge in [0.25, 0.3) is 5.91 Å². The summed E-state index contributed by atoms with van der Waals surface area (Å²) in [5.74, 6) is 0.659. The zero-order chi connectivity index (χ0) is 15.3. The first-order chi connectivity index (χ1) is 10.0. The summed E-state index contributed by atoms with van der Waals surface area (Å²) in [6.07, 6.45) is 4.92. The summed E-state index contributed by atoms with van der Waals surface area (Å²) in [5.41, 5.74) is 0.308. The normalized spacial score (nSPS) is 26.0. The van der Waals surface area contributed by atoms with Crippen molar-refractivity contribution in [2.75, 3.05) is 26.2 Å². The van der Waals surface area contributed by atoms with E-state index in [0.717, 1.165) is 44.8 Å². The molecule has 0 bridgehead atoms. The summed E-state index contributed by atoms with van der Waals surface area (Å²) in [6, 6.07) is 0. The summed E-state index contributed by atoms with van der Waals surface area (Å²) in [5, 5.41) is 6.96. The molecule has 21 heavy (non-hydrogen) atoms. The number of nitrogens with one attached hydrogen (secondary N) is 1. The van der Waals surface area contributed by atoms with Crippen LogP contribution in [0.4, 0.5) is 0 Å². The number of hydrogen-bond donors (Lipinski definition) is 1. The van der Waals surface area contributed by atoms with Crippen molar-refractivity contribution in [3.63, 3.8) is 0 Å². The van der Waals surface area contributed by atoms with Gasteiger partial charge in [0.05, 0.1) is 0 Å². The molecule has 0 aromatic rings. The average Bonchev–Trinajstić information content (AvgIpc) is 2.86. The summed E-state index contributed by atoms with van der Waals surface area (Å²) >= 11 is 0. The average molecular weight is 295 g/mol. The van der Waals surface area contributed by atoms with Crippen LogP contribution < -0.4 is 5.32 Å². The smallest absolute Gasteiger partial charge is 0.269 e. The number of nitrogens with zero attached hydrogens (tertiary/aromatic N) is 2. The van der Waals surface area contributed by atoms with Crippen molar-refractivity contribution in [2.45, 2.75) is 58.5 Å². The van der Waals surface area contributed by atoms with Crippen LogP contribution in [0.25, 0.3) is 0 Å². The summed E-state index contributed by atoms with van der Waals surface area (Å²) < 4.78 is 0. The van der Waals surface area contributed by atoms with Crippen molar-refractivity contribution in [2.24, 2.45) is 11.1 Å². The summed E-state index contributed by atoms with van der Waals surface area (Å²) in [6.45, 7) is 10.4. The van der Waals surface area contributed by atoms with Crippen molar-refractivity contribution < 1.29 is 9.63 Å². The van der Waals surface area contributed by atoms with Gasteiger partial charge in [-0.25, -0.2) is 0 Å². The van der Waals surface area contributed by atoms with E-state index in [-0.39, 0.29) is 11.5 Å². The van der Waals surface area contributed by atoms with Gasteiger partial charge in [-0.3, -0.25) is 9.69 Å². The van der Waals surface area contributed by atoms with Crippen LogP contribution in [0.3, 0.4) is 0 Å². The Kier molecular flexibility index (Phi) is 5.62. The van der Waals surface area contributed by atoms with Crippen LogP contribution in [0.2, 0.25) is 0 Å². The molecule has 2 aliphatic rings. The predicted molar refractivity (Wildman–Crippen MR) is 84.3 cm³/mol. The number of rotatable bonds is 6. The molecule has 1 saturated heterocycles. The number of piperidine rings is 1. The minimum absolute atomic E-state index is 0.0620. The molecule has 5 nitrogen and oxygen atoms in total. The number of amides is 1. The Hall–Kier alpha value is -1.10. The van der Waals surface area contributed by atoms with Gasteiger partial charge in [0.15, 0.2) is 5.60 Å². The fourth-order valence-electron chi connectivity index (χ4n) is 3.02. The summed E-state index contributed by atoms with van der Waals surface area (Å²) in [4.78, 5) is 20.2. The van der Waals surface area contributed by atoms with Crippen LogP contribution in [0.1, 0.15) is 52.9 Å². The highest BCUT2D eigenvalue weighted by molar-refractivity contribution is 6.39. The Morgan fingerprint density at radius 2 is 2.33 bits per heavy atom. The van der Waals surface area contributed by atoms with Crippen LogP contribution in [-0.4, -0.2) is 48.3 Å². The molecule has 1 N–H and O–H groups in total. The van der Waals surface area contributed by atoms with E-state index in [1.54, 1.807) is 0 Å². The third-order valence-electron chi connectivity index (χ3n) is 4.28. The molecule has 0 aromatic heterocycles. The SMILES string of the molecule is CCCNC(=O)C1=NO[C@@]2(CCCN(CCC(C)C)C2)C1. The quantitative estimate of drug-likeness (QED) is 0.817. The Bertz CT molecular complexity index is 395. The molecule has 1 fully saturated rings. The Labute approximate surface area is 128 Å². The van der Waals surface area contributed by atoms with E-state index in [2.05, 4.69) is 29.2 Å². The Morgan fingerprint density at radius 1 is 1.52 bits per heavy atom. The lowest BCUT2D eigenvalue weighted by atomic mass is 9.87. The van der Waals surface area contributed by atoms with Crippen LogP contribution in [0.5, 0.6) is 0 Å². The second kappa shape index (κ2) is 7.25. The van der Waals surface area contributed by atoms with Gasteiger partial charge in [-0.2, -0.15) is 0 Å². The molecular formula is C16H29N3O2. The first-order valence-electron chi connectivity index (χ1n) is 8.30. The van der Waals surface area contributed by atoms with Crippen molar-refractivity contribution in [3.05, 3.63) is 0 Å². The van der Waals surface area contributed by atoms with Crippen molar-refractivity contribution in [1.82, 2.24) is 10.2 Å². The van der Waals surface area contributed by atoms with E-state index in [4.69, 9.17) is 4.84 Å². The maximum atomic E-state index is 12.0. The fraction of sp³-hybridized carbons (Fsp3) is 0.875. The minimum Gasteiger partial charge on any atom is -0.387 e. The molecule has 1 atom stereocenters. The molecule has 0 saturated carbocycles. The maximum Gasteiger partial charge on any atom is 0.269 e. The molecule has 2 rings (SSSR count). The van der Waals surface area contributed by atoms with Crippen LogP contribution >= 0.6 is 0 Å². The summed E-state index contributed by atoms with van der Waals surface area (Å²) in [7, 11) is 0. The lowest BCUT2D eigenvalue weighted by Gasteiger charge is -2.38. The standard InChI is InChI=1S/C16H29N3O2/c1-4-8-17-15(20)14-11-16(21-18-14)7-5-9-19(12-16)10-6-13(2)3/h13H,4-12H2,1-3H3,(H,17,20)/t16-/m0/s1. The molecule has 2 heterocycles. The van der Waals surface area contributed by atoms with Gasteiger partial charge in [-0.1, -0.05) is 25.9 Å². The van der Waals surface area contributed by atoms with Gasteiger partial charge in [0, 0.05) is 19.5 Å². The Balaban J connectivity index is 1.85. The van der Waals surface area contributed by atoms with E-state index >= 15 is 0 Å². The third-order valence-corrected chi connectivity index (χ3v) is 4.28. The molecule has 0 aromatic carbocycles. The van der Waals surface area contributed by atoms with E-state index in [1.807, 2.05) is 6.92 Å². The zero-order valence-electron chi connectivity index (χ0n) is 13.7. The number of carbonyl (C=O) groups is 1. The fourth-order valence-corrected chi connectivity index (χ4v) is 3.02. The minimum atomic E-state index is -0.256. The highest BCUT2D eigenvalue weighted by atomic mass is 16.7.